The molecular formula is C12H10F3N5O2S. The number of thiophene rings is 1. The Kier molecular flexibility index (Phi) is 3.80. The molecule has 3 heterocycles. The molecule has 7 nitrogen and oxygen atoms in total. The molecular weight excluding hydrogens is 335 g/mol. The van der Waals surface area contributed by atoms with Crippen molar-refractivity contribution in [3.05, 3.63) is 33.7 Å². The van der Waals surface area contributed by atoms with E-state index in [1.807, 2.05) is 0 Å². The highest BCUT2D eigenvalue weighted by Gasteiger charge is 2.47. The Labute approximate surface area is 131 Å². The number of nitrogens with one attached hydrogen (secondary N) is 1. The summed E-state index contributed by atoms with van der Waals surface area (Å²) in [4.78, 5) is 12.7. The van der Waals surface area contributed by atoms with E-state index >= 15 is 0 Å². The van der Waals surface area contributed by atoms with E-state index in [2.05, 4.69) is 20.8 Å². The van der Waals surface area contributed by atoms with Crippen LogP contribution in [0.5, 0.6) is 0 Å². The van der Waals surface area contributed by atoms with Gasteiger partial charge in [-0.2, -0.15) is 17.9 Å². The van der Waals surface area contributed by atoms with Crippen LogP contribution >= 0.6 is 11.3 Å². The average Bonchev–Trinajstić information content (AvgIpc) is 3.15. The maximum absolute atomic E-state index is 13.4. The molecule has 0 spiro atoms. The third-order valence-electron chi connectivity index (χ3n) is 3.11. The summed E-state index contributed by atoms with van der Waals surface area (Å²) in [5.41, 5.74) is -1.78. The predicted octanol–water partition coefficient (Wildman–Crippen LogP) is 2.13. The largest absolute Gasteiger partial charge is 0.463 e. The first-order chi connectivity index (χ1) is 10.9. The maximum Gasteiger partial charge on any atom is 0.431 e. The number of carbonyl (C=O) groups is 1. The van der Waals surface area contributed by atoms with Crippen molar-refractivity contribution in [2.24, 2.45) is 0 Å². The van der Waals surface area contributed by atoms with Gasteiger partial charge in [-0.05, 0) is 28.8 Å². The minimum absolute atomic E-state index is 0.0485. The highest BCUT2D eigenvalue weighted by molar-refractivity contribution is 7.10. The van der Waals surface area contributed by atoms with E-state index < -0.39 is 29.5 Å². The lowest BCUT2D eigenvalue weighted by Crippen LogP contribution is -2.35. The Morgan fingerprint density at radius 3 is 2.91 bits per heavy atom. The van der Waals surface area contributed by atoms with Gasteiger partial charge in [0.1, 0.15) is 11.7 Å². The molecule has 1 unspecified atom stereocenters. The molecule has 3 rings (SSSR count). The lowest BCUT2D eigenvalue weighted by Gasteiger charge is -2.28. The van der Waals surface area contributed by atoms with Gasteiger partial charge in [0, 0.05) is 4.88 Å². The minimum atomic E-state index is -4.78. The molecule has 0 fully saturated rings. The maximum atomic E-state index is 13.4. The second-order valence-corrected chi connectivity index (χ2v) is 5.48. The molecule has 23 heavy (non-hydrogen) atoms. The van der Waals surface area contributed by atoms with Crippen LogP contribution in [0.2, 0.25) is 0 Å². The van der Waals surface area contributed by atoms with Gasteiger partial charge in [-0.1, -0.05) is 11.2 Å². The van der Waals surface area contributed by atoms with Gasteiger partial charge in [-0.25, -0.2) is 4.79 Å². The summed E-state index contributed by atoms with van der Waals surface area (Å²) in [6, 6.07) is 2.18. The number of esters is 1. The number of tetrazole rings is 1. The monoisotopic (exact) mass is 345 g/mol. The number of allylic oxidation sites excluding steroid dienone is 1. The minimum Gasteiger partial charge on any atom is -0.463 e. The first-order valence-electron chi connectivity index (χ1n) is 6.50. The molecule has 0 aromatic carbocycles. The normalized spacial score (nSPS) is 17.7. The summed E-state index contributed by atoms with van der Waals surface area (Å²) in [6.45, 7) is 1.47. The van der Waals surface area contributed by atoms with E-state index in [1.54, 1.807) is 17.5 Å². The fourth-order valence-corrected chi connectivity index (χ4v) is 3.06. The van der Waals surface area contributed by atoms with Gasteiger partial charge in [0.2, 0.25) is 5.95 Å². The number of nitrogens with zero attached hydrogens (tertiary/aromatic N) is 4. The number of anilines is 1. The van der Waals surface area contributed by atoms with Crippen LogP contribution in [0.25, 0.3) is 0 Å². The lowest BCUT2D eigenvalue weighted by molar-refractivity contribution is -0.140. The number of carbonyl (C=O) groups excluding carboxylic acids is 1. The zero-order valence-electron chi connectivity index (χ0n) is 11.7. The first kappa shape index (κ1) is 15.5. The summed E-state index contributed by atoms with van der Waals surface area (Å²) in [5.74, 6) is -1.25. The van der Waals surface area contributed by atoms with Gasteiger partial charge < -0.3 is 10.1 Å². The lowest BCUT2D eigenvalue weighted by atomic mass is 10.0. The fourth-order valence-electron chi connectivity index (χ4n) is 2.24. The van der Waals surface area contributed by atoms with Crippen molar-refractivity contribution >= 4 is 23.3 Å². The van der Waals surface area contributed by atoms with E-state index in [9.17, 15) is 18.0 Å². The molecule has 1 N–H and O–H groups in total. The Morgan fingerprint density at radius 2 is 2.30 bits per heavy atom. The van der Waals surface area contributed by atoms with Crippen LogP contribution in [0.15, 0.2) is 28.8 Å². The van der Waals surface area contributed by atoms with Crippen LogP contribution in [0, 0.1) is 0 Å². The second kappa shape index (κ2) is 5.65. The predicted molar refractivity (Wildman–Crippen MR) is 73.6 cm³/mol. The average molecular weight is 345 g/mol. The molecule has 2 aromatic rings. The van der Waals surface area contributed by atoms with Crippen LogP contribution in [0.3, 0.4) is 0 Å². The highest BCUT2D eigenvalue weighted by atomic mass is 32.1. The Balaban J connectivity index is 2.22. The van der Waals surface area contributed by atoms with E-state index in [0.29, 0.717) is 4.88 Å². The smallest absolute Gasteiger partial charge is 0.431 e. The fraction of sp³-hybridized carbons (Fsp3) is 0.333. The molecule has 0 aliphatic carbocycles. The summed E-state index contributed by atoms with van der Waals surface area (Å²) < 4.78 is 46.2. The Hall–Kier alpha value is -2.43. The van der Waals surface area contributed by atoms with E-state index in [0.717, 1.165) is 4.68 Å². The molecule has 1 aliphatic heterocycles. The number of hydrogen-bond acceptors (Lipinski definition) is 7. The van der Waals surface area contributed by atoms with E-state index in [4.69, 9.17) is 4.74 Å². The SMILES string of the molecule is CCOC(=O)C1=C(C(F)(F)F)Nc2nnnn2C1c1cccs1. The summed E-state index contributed by atoms with van der Waals surface area (Å²) in [7, 11) is 0. The van der Waals surface area contributed by atoms with Gasteiger partial charge in [0.05, 0.1) is 12.2 Å². The van der Waals surface area contributed by atoms with Gasteiger partial charge in [-0.15, -0.1) is 11.3 Å². The van der Waals surface area contributed by atoms with Crippen molar-refractivity contribution in [2.75, 3.05) is 11.9 Å². The number of rotatable bonds is 3. The van der Waals surface area contributed by atoms with Gasteiger partial charge >= 0.3 is 12.1 Å². The molecule has 0 amide bonds. The Bertz CT molecular complexity index is 753. The number of fused-ring (bicyclic) bond motifs is 1. The highest BCUT2D eigenvalue weighted by Crippen LogP contribution is 2.41. The zero-order valence-corrected chi connectivity index (χ0v) is 12.5. The standard InChI is InChI=1S/C12H10F3N5O2S/c1-2-22-10(21)7-8(6-4-3-5-23-6)20-11(17-18-19-20)16-9(7)12(13,14)15/h3-5,8H,2H2,1H3,(H,16,17,19). The molecule has 2 aromatic heterocycles. The summed E-state index contributed by atoms with van der Waals surface area (Å²) >= 11 is 1.19. The van der Waals surface area contributed by atoms with Crippen molar-refractivity contribution in [3.8, 4) is 0 Å². The van der Waals surface area contributed by atoms with Crippen molar-refractivity contribution < 1.29 is 22.7 Å². The quantitative estimate of drug-likeness (QED) is 0.858. The van der Waals surface area contributed by atoms with Gasteiger partial charge in [-0.3, -0.25) is 0 Å². The van der Waals surface area contributed by atoms with Crippen LogP contribution in [-0.2, 0) is 9.53 Å². The second-order valence-electron chi connectivity index (χ2n) is 4.50. The van der Waals surface area contributed by atoms with Crippen molar-refractivity contribution in [1.82, 2.24) is 20.2 Å². The molecule has 1 aliphatic rings. The number of alkyl halides is 3. The van der Waals surface area contributed by atoms with Crippen molar-refractivity contribution in [2.45, 2.75) is 19.1 Å². The molecule has 0 radical (unpaired) electrons. The van der Waals surface area contributed by atoms with Crippen LogP contribution in [-0.4, -0.2) is 39.0 Å². The van der Waals surface area contributed by atoms with Crippen molar-refractivity contribution in [1.29, 1.82) is 0 Å². The molecule has 0 saturated carbocycles. The molecule has 122 valence electrons. The molecule has 1 atom stereocenters. The number of hydrogen-bond donors (Lipinski definition) is 1. The zero-order chi connectivity index (χ0) is 16.6. The summed E-state index contributed by atoms with van der Waals surface area (Å²) in [6.07, 6.45) is -4.78. The number of halogens is 3. The van der Waals surface area contributed by atoms with Crippen LogP contribution < -0.4 is 5.32 Å². The molecule has 0 saturated heterocycles. The summed E-state index contributed by atoms with van der Waals surface area (Å²) in [5, 5.41) is 14.4. The van der Waals surface area contributed by atoms with Crippen LogP contribution in [0.4, 0.5) is 19.1 Å². The molecule has 11 heteroatoms. The first-order valence-corrected chi connectivity index (χ1v) is 7.38. The van der Waals surface area contributed by atoms with Crippen molar-refractivity contribution in [3.63, 3.8) is 0 Å². The number of ether oxygens (including phenoxy) is 1. The third-order valence-corrected chi connectivity index (χ3v) is 4.03. The topological polar surface area (TPSA) is 81.9 Å². The number of aromatic nitrogens is 4. The van der Waals surface area contributed by atoms with Crippen LogP contribution in [0.1, 0.15) is 17.8 Å². The van der Waals surface area contributed by atoms with Gasteiger partial charge in [0.25, 0.3) is 0 Å². The Morgan fingerprint density at radius 1 is 1.52 bits per heavy atom. The van der Waals surface area contributed by atoms with E-state index in [1.165, 1.54) is 18.3 Å². The van der Waals surface area contributed by atoms with Gasteiger partial charge in [0.15, 0.2) is 0 Å². The van der Waals surface area contributed by atoms with E-state index in [-0.39, 0.29) is 12.6 Å². The molecule has 0 bridgehead atoms. The third kappa shape index (κ3) is 2.67.